The van der Waals surface area contributed by atoms with Gasteiger partial charge in [0.25, 0.3) is 0 Å². The molecular formula is C16H19ClN2O3S. The van der Waals surface area contributed by atoms with Crippen LogP contribution in [0.3, 0.4) is 0 Å². The Hall–Kier alpha value is -1.66. The van der Waals surface area contributed by atoms with E-state index >= 15 is 0 Å². The first-order valence-electron chi connectivity index (χ1n) is 7.25. The molecule has 0 aliphatic carbocycles. The highest BCUT2D eigenvalue weighted by Crippen LogP contribution is 2.36. The fourth-order valence-corrected chi connectivity index (χ4v) is 3.27. The lowest BCUT2D eigenvalue weighted by Crippen LogP contribution is -2.27. The lowest BCUT2D eigenvalue weighted by atomic mass is 10.1. The van der Waals surface area contributed by atoms with Crippen LogP contribution in [-0.4, -0.2) is 27.3 Å². The van der Waals surface area contributed by atoms with Gasteiger partial charge in [-0.3, -0.25) is 4.79 Å². The Morgan fingerprint density at radius 2 is 2.00 bits per heavy atom. The van der Waals surface area contributed by atoms with Crippen LogP contribution in [0.15, 0.2) is 12.3 Å². The Balaban J connectivity index is 2.42. The molecule has 0 aliphatic heterocycles. The predicted molar refractivity (Wildman–Crippen MR) is 91.6 cm³/mol. The summed E-state index contributed by atoms with van der Waals surface area (Å²) in [6.07, 6.45) is 1.72. The maximum atomic E-state index is 12.1. The second-order valence-corrected chi connectivity index (χ2v) is 7.61. The number of Topliss-reactive ketones (excluding diaryl/α,β-unsaturated/α-hetero) is 1. The molecule has 7 heteroatoms. The van der Waals surface area contributed by atoms with Crippen molar-refractivity contribution >= 4 is 34.8 Å². The maximum absolute atomic E-state index is 12.1. The highest BCUT2D eigenvalue weighted by atomic mass is 35.5. The lowest BCUT2D eigenvalue weighted by Gasteiger charge is -2.18. The van der Waals surface area contributed by atoms with Crippen molar-refractivity contribution in [1.29, 1.82) is 0 Å². The van der Waals surface area contributed by atoms with Crippen LogP contribution in [0, 0.1) is 0 Å². The number of hydrogen-bond donors (Lipinski definition) is 0. The van der Waals surface area contributed by atoms with Gasteiger partial charge in [-0.1, -0.05) is 18.5 Å². The molecule has 0 spiro atoms. The fraction of sp³-hybridized carbons (Fsp3) is 0.438. The molecule has 0 unspecified atom stereocenters. The van der Waals surface area contributed by atoms with Gasteiger partial charge in [-0.25, -0.2) is 4.79 Å². The smallest absolute Gasteiger partial charge is 0.435 e. The van der Waals surface area contributed by atoms with Crippen LogP contribution in [0.25, 0.3) is 11.1 Å². The molecule has 0 fully saturated rings. The number of aryl methyl sites for hydroxylation is 1. The molecule has 0 atom stereocenters. The van der Waals surface area contributed by atoms with Gasteiger partial charge in [-0.15, -0.1) is 16.4 Å². The average Bonchev–Trinajstić information content (AvgIpc) is 2.99. The molecular weight excluding hydrogens is 336 g/mol. The monoisotopic (exact) mass is 354 g/mol. The molecule has 0 radical (unpaired) electrons. The summed E-state index contributed by atoms with van der Waals surface area (Å²) >= 11 is 7.63. The molecule has 2 rings (SSSR count). The minimum Gasteiger partial charge on any atom is -0.442 e. The summed E-state index contributed by atoms with van der Waals surface area (Å²) < 4.78 is 6.37. The molecule has 0 N–H and O–H groups in total. The summed E-state index contributed by atoms with van der Waals surface area (Å²) in [6, 6.07) is 1.80. The zero-order valence-electron chi connectivity index (χ0n) is 13.8. The van der Waals surface area contributed by atoms with Crippen molar-refractivity contribution in [2.75, 3.05) is 0 Å². The second kappa shape index (κ2) is 6.45. The van der Waals surface area contributed by atoms with Crippen molar-refractivity contribution in [3.05, 3.63) is 27.2 Å². The minimum absolute atomic E-state index is 0.00612. The van der Waals surface area contributed by atoms with E-state index < -0.39 is 11.7 Å². The van der Waals surface area contributed by atoms with Crippen LogP contribution >= 0.6 is 22.9 Å². The van der Waals surface area contributed by atoms with Crippen LogP contribution in [0.5, 0.6) is 0 Å². The largest absolute Gasteiger partial charge is 0.442 e. The summed E-state index contributed by atoms with van der Waals surface area (Å²) in [6.45, 7) is 8.88. The average molecular weight is 355 g/mol. The van der Waals surface area contributed by atoms with Gasteiger partial charge >= 0.3 is 6.09 Å². The van der Waals surface area contributed by atoms with E-state index in [0.717, 1.165) is 21.5 Å². The second-order valence-electron chi connectivity index (χ2n) is 6.12. The molecule has 124 valence electrons. The van der Waals surface area contributed by atoms with Crippen molar-refractivity contribution < 1.29 is 14.3 Å². The number of halogens is 1. The maximum Gasteiger partial charge on any atom is 0.435 e. The van der Waals surface area contributed by atoms with Crippen LogP contribution in [0.1, 0.15) is 49.2 Å². The molecule has 0 aliphatic rings. The van der Waals surface area contributed by atoms with E-state index in [1.54, 1.807) is 33.0 Å². The molecule has 0 bridgehead atoms. The number of ketones is 1. The van der Waals surface area contributed by atoms with Crippen molar-refractivity contribution in [1.82, 2.24) is 9.78 Å². The van der Waals surface area contributed by atoms with Crippen LogP contribution in [0.2, 0.25) is 5.15 Å². The Morgan fingerprint density at radius 1 is 1.35 bits per heavy atom. The van der Waals surface area contributed by atoms with Gasteiger partial charge in [0.2, 0.25) is 0 Å². The molecule has 5 nitrogen and oxygen atoms in total. The first kappa shape index (κ1) is 17.7. The molecule has 0 saturated heterocycles. The van der Waals surface area contributed by atoms with E-state index in [0.29, 0.717) is 10.4 Å². The summed E-state index contributed by atoms with van der Waals surface area (Å²) in [5, 5.41) is 4.23. The van der Waals surface area contributed by atoms with Crippen molar-refractivity contribution in [2.24, 2.45) is 0 Å². The van der Waals surface area contributed by atoms with Crippen molar-refractivity contribution in [3.8, 4) is 11.1 Å². The zero-order chi connectivity index (χ0) is 17.4. The van der Waals surface area contributed by atoms with E-state index in [4.69, 9.17) is 16.3 Å². The molecule has 2 aromatic rings. The van der Waals surface area contributed by atoms with E-state index in [-0.39, 0.29) is 10.9 Å². The van der Waals surface area contributed by atoms with Gasteiger partial charge in [0, 0.05) is 22.2 Å². The summed E-state index contributed by atoms with van der Waals surface area (Å²) in [5.41, 5.74) is 0.842. The third kappa shape index (κ3) is 4.00. The summed E-state index contributed by atoms with van der Waals surface area (Å²) in [4.78, 5) is 25.4. The van der Waals surface area contributed by atoms with E-state index in [9.17, 15) is 9.59 Å². The number of ether oxygens (including phenoxy) is 1. The van der Waals surface area contributed by atoms with Gasteiger partial charge in [-0.05, 0) is 40.2 Å². The molecule has 23 heavy (non-hydrogen) atoms. The lowest BCUT2D eigenvalue weighted by molar-refractivity contribution is 0.0514. The normalized spacial score (nSPS) is 11.6. The number of hydrogen-bond acceptors (Lipinski definition) is 5. The summed E-state index contributed by atoms with van der Waals surface area (Å²) in [5.74, 6) is 0.00612. The first-order chi connectivity index (χ1) is 10.6. The van der Waals surface area contributed by atoms with Crippen LogP contribution < -0.4 is 0 Å². The van der Waals surface area contributed by atoms with Crippen LogP contribution in [-0.2, 0) is 11.2 Å². The number of thiophene rings is 1. The third-order valence-electron chi connectivity index (χ3n) is 3.02. The number of carbonyl (C=O) groups excluding carboxylic acids is 2. The van der Waals surface area contributed by atoms with Gasteiger partial charge in [0.05, 0.1) is 4.88 Å². The molecule has 0 amide bonds. The Bertz CT molecular complexity index is 756. The Kier molecular flexibility index (Phi) is 4.96. The Morgan fingerprint density at radius 3 is 2.52 bits per heavy atom. The van der Waals surface area contributed by atoms with Crippen molar-refractivity contribution in [3.63, 3.8) is 0 Å². The van der Waals surface area contributed by atoms with Gasteiger partial charge in [-0.2, -0.15) is 4.68 Å². The van der Waals surface area contributed by atoms with E-state index in [2.05, 4.69) is 5.10 Å². The zero-order valence-corrected chi connectivity index (χ0v) is 15.3. The van der Waals surface area contributed by atoms with Gasteiger partial charge < -0.3 is 4.74 Å². The SMILES string of the molecule is CCc1sc(C(C)=O)cc1-c1cn(C(=O)OC(C)(C)C)nc1Cl. The highest BCUT2D eigenvalue weighted by molar-refractivity contribution is 7.14. The standard InChI is InChI=1S/C16H19ClN2O3S/c1-6-12-10(7-13(23-12)9(2)20)11-8-19(18-14(11)17)15(21)22-16(3,4)5/h7-8H,6H2,1-5H3. The van der Waals surface area contributed by atoms with Gasteiger partial charge in [0.1, 0.15) is 5.60 Å². The minimum atomic E-state index is -0.617. The first-order valence-corrected chi connectivity index (χ1v) is 8.44. The molecule has 0 saturated carbocycles. The Labute approximate surface area is 144 Å². The van der Waals surface area contributed by atoms with Gasteiger partial charge in [0.15, 0.2) is 10.9 Å². The number of aromatic nitrogens is 2. The quantitative estimate of drug-likeness (QED) is 0.742. The van der Waals surface area contributed by atoms with E-state index in [1.807, 2.05) is 6.92 Å². The van der Waals surface area contributed by atoms with E-state index in [1.165, 1.54) is 18.3 Å². The fourth-order valence-electron chi connectivity index (χ4n) is 2.03. The van der Waals surface area contributed by atoms with Crippen LogP contribution in [0.4, 0.5) is 4.79 Å². The number of carbonyl (C=O) groups is 2. The predicted octanol–water partition coefficient (Wildman–Crippen LogP) is 4.81. The summed E-state index contributed by atoms with van der Waals surface area (Å²) in [7, 11) is 0. The van der Waals surface area contributed by atoms with Crippen molar-refractivity contribution in [2.45, 2.75) is 46.6 Å². The molecule has 2 aromatic heterocycles. The molecule has 0 aromatic carbocycles. The number of rotatable bonds is 3. The number of nitrogens with zero attached hydrogens (tertiary/aromatic N) is 2. The topological polar surface area (TPSA) is 61.2 Å². The molecule has 2 heterocycles. The third-order valence-corrected chi connectivity index (χ3v) is 4.68. The highest BCUT2D eigenvalue weighted by Gasteiger charge is 2.22.